The van der Waals surface area contributed by atoms with Crippen LogP contribution in [0.25, 0.3) is 10.8 Å². The molecule has 0 saturated heterocycles. The number of methoxy groups -OCH3 is 1. The minimum absolute atomic E-state index is 0.0484. The Morgan fingerprint density at radius 1 is 0.868 bits per heavy atom. The number of ketones is 1. The number of rotatable bonds is 5. The van der Waals surface area contributed by atoms with E-state index in [2.05, 4.69) is 5.32 Å². The molecule has 0 aromatic heterocycles. The third-order valence-corrected chi connectivity index (χ3v) is 11.1. The molecule has 3 heterocycles. The molecule has 2 aromatic carbocycles. The maximum absolute atomic E-state index is 14.3. The van der Waals surface area contributed by atoms with Gasteiger partial charge in [-0.25, -0.2) is 0 Å². The van der Waals surface area contributed by atoms with Crippen molar-refractivity contribution in [2.75, 3.05) is 25.5 Å². The van der Waals surface area contributed by atoms with Crippen molar-refractivity contribution >= 4 is 28.2 Å². The zero-order chi connectivity index (χ0) is 39.7. The van der Waals surface area contributed by atoms with Crippen molar-refractivity contribution in [3.8, 4) is 23.0 Å². The molecule has 0 fully saturated rings. The normalized spacial score (nSPS) is 32.3. The van der Waals surface area contributed by atoms with Crippen molar-refractivity contribution in [3.63, 3.8) is 0 Å². The zero-order valence-electron chi connectivity index (χ0n) is 32.3. The third kappa shape index (κ3) is 7.76. The van der Waals surface area contributed by atoms with Crippen LogP contribution in [0.5, 0.6) is 23.0 Å². The lowest BCUT2D eigenvalue weighted by Crippen LogP contribution is -2.44. The smallest absolute Gasteiger partial charge is 0.312 e. The highest BCUT2D eigenvalue weighted by Crippen LogP contribution is 2.55. The van der Waals surface area contributed by atoms with E-state index in [9.17, 15) is 40.2 Å². The summed E-state index contributed by atoms with van der Waals surface area (Å²) in [5.74, 6) is -7.16. The van der Waals surface area contributed by atoms with Crippen LogP contribution in [0, 0.1) is 30.6 Å². The van der Waals surface area contributed by atoms with E-state index in [1.807, 2.05) is 18.7 Å². The van der Waals surface area contributed by atoms with E-state index >= 15 is 0 Å². The maximum Gasteiger partial charge on any atom is 0.312 e. The maximum atomic E-state index is 14.3. The molecular weight excluding hydrogens is 684 g/mol. The lowest BCUT2D eigenvalue weighted by atomic mass is 9.78. The molecule has 13 heteroatoms. The number of hydrogen-bond donors (Lipinski definition) is 7. The quantitative estimate of drug-likeness (QED) is 0.160. The summed E-state index contributed by atoms with van der Waals surface area (Å²) >= 11 is 0. The Labute approximate surface area is 311 Å². The standard InChI is InChI=1S/C40H56N2O11/c1-11-42(12-2)18-25-30-36(48)28-27(35(25)47)29-37(24(8)34(28)46)53-40(9,38(29)49)52-17-16-26(51-10)21(5)32(44)23(7)33(45)22(6)31(43)19(3)14-13-15-20(4)39(50)41-30/h13-17,19,21-23,26,31-33,43-48H,11-12,18H2,1-10H3,(H,41,50)/b14-13+,17-16+,20-15-/t19-,21+,22+,23-,26-,31-,32+,33+,40-/m0/s1. The van der Waals surface area contributed by atoms with E-state index in [0.717, 1.165) is 0 Å². The Balaban J connectivity index is 1.97. The van der Waals surface area contributed by atoms with Gasteiger partial charge >= 0.3 is 5.79 Å². The largest absolute Gasteiger partial charge is 0.507 e. The minimum Gasteiger partial charge on any atom is -0.507 e. The van der Waals surface area contributed by atoms with Crippen molar-refractivity contribution in [2.24, 2.45) is 23.7 Å². The van der Waals surface area contributed by atoms with Gasteiger partial charge in [-0.3, -0.25) is 14.5 Å². The van der Waals surface area contributed by atoms with Crippen LogP contribution in [-0.4, -0.2) is 97.6 Å². The molecule has 0 radical (unpaired) electrons. The van der Waals surface area contributed by atoms with Crippen LogP contribution >= 0.6 is 0 Å². The van der Waals surface area contributed by atoms with Gasteiger partial charge in [0.15, 0.2) is 5.75 Å². The molecule has 5 bridgehead atoms. The average Bonchev–Trinajstić information content (AvgIpc) is 3.40. The van der Waals surface area contributed by atoms with Gasteiger partial charge in [0.05, 0.1) is 47.3 Å². The average molecular weight is 741 g/mol. The van der Waals surface area contributed by atoms with E-state index < -0.39 is 82.8 Å². The highest BCUT2D eigenvalue weighted by Gasteiger charge is 2.50. The number of phenolic OH excluding ortho intramolecular Hbond substituents is 3. The number of allylic oxidation sites excluding steroid dienone is 2. The highest BCUT2D eigenvalue weighted by atomic mass is 16.7. The van der Waals surface area contributed by atoms with E-state index in [4.69, 9.17) is 14.2 Å². The number of ether oxygens (including phenoxy) is 3. The Morgan fingerprint density at radius 3 is 2.08 bits per heavy atom. The zero-order valence-corrected chi connectivity index (χ0v) is 32.3. The predicted molar refractivity (Wildman–Crippen MR) is 201 cm³/mol. The fourth-order valence-corrected chi connectivity index (χ4v) is 7.22. The Morgan fingerprint density at radius 2 is 1.47 bits per heavy atom. The van der Waals surface area contributed by atoms with Crippen LogP contribution in [0.3, 0.4) is 0 Å². The van der Waals surface area contributed by atoms with E-state index in [1.54, 1.807) is 46.8 Å². The van der Waals surface area contributed by atoms with E-state index in [1.165, 1.54) is 39.4 Å². The van der Waals surface area contributed by atoms with Crippen molar-refractivity contribution < 1.29 is 54.4 Å². The summed E-state index contributed by atoms with van der Waals surface area (Å²) in [5.41, 5.74) is 0.177. The highest BCUT2D eigenvalue weighted by molar-refractivity contribution is 6.22. The SMILES string of the molecule is CCN(CC)Cc1c2c(O)c3c(O)c(C)c4c(c3c1O)C(=O)[C@@](C)(O/C=C/[C@H](OC)[C@@H](C)[C@@H](O)[C@H](C)[C@H](O)[C@H](C)[C@@H](O)[C@@H](C)/C=C/C=C(/C)C(=O)N2)O4. The van der Waals surface area contributed by atoms with Crippen molar-refractivity contribution in [3.05, 3.63) is 52.8 Å². The molecule has 9 atom stereocenters. The Hall–Kier alpha value is -4.14. The fourth-order valence-electron chi connectivity index (χ4n) is 7.22. The van der Waals surface area contributed by atoms with Gasteiger partial charge in [0.25, 0.3) is 11.7 Å². The number of aliphatic hydroxyl groups is 3. The van der Waals surface area contributed by atoms with Crippen molar-refractivity contribution in [1.29, 1.82) is 0 Å². The number of fused-ring (bicyclic) bond motifs is 14. The number of phenols is 3. The number of aromatic hydroxyl groups is 3. The van der Waals surface area contributed by atoms with E-state index in [-0.39, 0.29) is 51.0 Å². The van der Waals surface area contributed by atoms with Gasteiger partial charge in [-0.1, -0.05) is 59.8 Å². The number of hydrogen-bond acceptors (Lipinski definition) is 12. The first-order valence-electron chi connectivity index (χ1n) is 18.2. The Bertz CT molecular complexity index is 1800. The lowest BCUT2D eigenvalue weighted by molar-refractivity contribution is -0.112. The fraction of sp³-hybridized carbons (Fsp3) is 0.550. The number of aliphatic hydroxyl groups excluding tert-OH is 3. The van der Waals surface area contributed by atoms with Crippen LogP contribution in [0.2, 0.25) is 0 Å². The summed E-state index contributed by atoms with van der Waals surface area (Å²) in [7, 11) is 1.44. The molecule has 0 spiro atoms. The molecule has 3 aliphatic rings. The molecule has 292 valence electrons. The van der Waals surface area contributed by atoms with Crippen molar-refractivity contribution in [1.82, 2.24) is 4.90 Å². The van der Waals surface area contributed by atoms with Gasteiger partial charge in [0.2, 0.25) is 0 Å². The molecule has 0 unspecified atom stereocenters. The first kappa shape index (κ1) is 41.6. The molecule has 0 aliphatic carbocycles. The molecule has 0 saturated carbocycles. The molecular formula is C40H56N2O11. The summed E-state index contributed by atoms with van der Waals surface area (Å²) in [6.45, 7) is 16.3. The van der Waals surface area contributed by atoms with Crippen LogP contribution in [0.15, 0.2) is 36.1 Å². The van der Waals surface area contributed by atoms with Crippen LogP contribution in [-0.2, 0) is 20.8 Å². The number of anilines is 1. The summed E-state index contributed by atoms with van der Waals surface area (Å²) in [5, 5.41) is 71.3. The van der Waals surface area contributed by atoms with Gasteiger partial charge in [0, 0.05) is 66.3 Å². The van der Waals surface area contributed by atoms with Crippen molar-refractivity contribution in [2.45, 2.75) is 99.1 Å². The molecule has 2 aromatic rings. The molecule has 3 aliphatic heterocycles. The van der Waals surface area contributed by atoms with Crippen LogP contribution in [0.4, 0.5) is 5.69 Å². The summed E-state index contributed by atoms with van der Waals surface area (Å²) in [6.07, 6.45) is 3.62. The summed E-state index contributed by atoms with van der Waals surface area (Å²) in [4.78, 5) is 29.8. The first-order chi connectivity index (χ1) is 24.9. The molecule has 53 heavy (non-hydrogen) atoms. The summed E-state index contributed by atoms with van der Waals surface area (Å²) in [6, 6.07) is 0. The minimum atomic E-state index is -1.98. The number of nitrogens with zero attached hydrogens (tertiary/aromatic N) is 1. The van der Waals surface area contributed by atoms with Crippen LogP contribution < -0.4 is 10.1 Å². The first-order valence-corrected chi connectivity index (χ1v) is 18.2. The van der Waals surface area contributed by atoms with Gasteiger partial charge in [-0.05, 0) is 33.0 Å². The summed E-state index contributed by atoms with van der Waals surface area (Å²) < 4.78 is 17.6. The van der Waals surface area contributed by atoms with Crippen LogP contribution in [0.1, 0.15) is 76.9 Å². The molecule has 13 nitrogen and oxygen atoms in total. The number of carbonyl (C=O) groups excluding carboxylic acids is 2. The van der Waals surface area contributed by atoms with Gasteiger partial charge in [-0.15, -0.1) is 0 Å². The molecule has 1 amide bonds. The lowest BCUT2D eigenvalue weighted by Gasteiger charge is -2.36. The topological polar surface area (TPSA) is 198 Å². The second kappa shape index (κ2) is 16.5. The second-order valence-corrected chi connectivity index (χ2v) is 14.6. The molecule has 7 N–H and O–H groups in total. The second-order valence-electron chi connectivity index (χ2n) is 14.6. The number of nitrogens with one attached hydrogen (secondary N) is 1. The van der Waals surface area contributed by atoms with Gasteiger partial charge < -0.3 is 50.2 Å². The number of carbonyl (C=O) groups is 2. The number of benzene rings is 2. The molecule has 5 rings (SSSR count). The Kier molecular flexibility index (Phi) is 12.9. The number of amides is 1. The van der Waals surface area contributed by atoms with Gasteiger partial charge in [-0.2, -0.15) is 0 Å². The predicted octanol–water partition coefficient (Wildman–Crippen LogP) is 5.03. The number of Topliss-reactive ketones (excluding diaryl/α,β-unsaturated/α-hetero) is 1. The van der Waals surface area contributed by atoms with Gasteiger partial charge in [0.1, 0.15) is 17.2 Å². The van der Waals surface area contributed by atoms with E-state index in [0.29, 0.717) is 13.1 Å². The monoisotopic (exact) mass is 740 g/mol. The third-order valence-electron chi connectivity index (χ3n) is 11.1.